The molecule has 0 unspecified atom stereocenters. The van der Waals surface area contributed by atoms with Crippen molar-refractivity contribution in [2.45, 2.75) is 104 Å². The molecule has 0 radical (unpaired) electrons. The highest BCUT2D eigenvalue weighted by Gasteiger charge is 2.34. The van der Waals surface area contributed by atoms with Crippen molar-refractivity contribution in [2.24, 2.45) is 10.2 Å². The summed E-state index contributed by atoms with van der Waals surface area (Å²) in [6, 6.07) is 26.1. The zero-order chi connectivity index (χ0) is 39.0. The first-order chi connectivity index (χ1) is 27.4. The number of hydrazone groups is 2. The Bertz CT molecular complexity index is 2130. The second-order valence-corrected chi connectivity index (χ2v) is 15.0. The molecule has 0 saturated carbocycles. The molecule has 0 N–H and O–H groups in total. The van der Waals surface area contributed by atoms with E-state index >= 15 is 0 Å². The number of benzene rings is 5. The lowest BCUT2D eigenvalue weighted by Gasteiger charge is -2.24. The van der Waals surface area contributed by atoms with Gasteiger partial charge < -0.3 is 0 Å². The number of nitrogens with zero attached hydrogens (tertiary/aromatic N) is 4. The number of aryl methyl sites for hydroxylation is 2. The fourth-order valence-corrected chi connectivity index (χ4v) is 8.04. The van der Waals surface area contributed by atoms with E-state index in [-0.39, 0.29) is 0 Å². The van der Waals surface area contributed by atoms with Crippen LogP contribution in [0.15, 0.2) is 95.1 Å². The van der Waals surface area contributed by atoms with Crippen LogP contribution in [0, 0.1) is 0 Å². The fraction of sp³-hybridized carbons (Fsp3) is 0.333. The van der Waals surface area contributed by atoms with Crippen molar-refractivity contribution >= 4 is 57.6 Å². The van der Waals surface area contributed by atoms with Crippen LogP contribution in [0.1, 0.15) is 155 Å². The normalized spacial score (nSPS) is 14.1. The van der Waals surface area contributed by atoms with E-state index < -0.39 is 23.6 Å². The Kier molecular flexibility index (Phi) is 12.2. The summed E-state index contributed by atoms with van der Waals surface area (Å²) < 4.78 is 0. The third-order valence-corrected chi connectivity index (χ3v) is 11.1. The van der Waals surface area contributed by atoms with Gasteiger partial charge in [-0.25, -0.2) is 0 Å². The van der Waals surface area contributed by atoms with Crippen molar-refractivity contribution in [3.05, 3.63) is 129 Å². The number of rotatable bonds is 18. The van der Waals surface area contributed by atoms with Gasteiger partial charge in [-0.05, 0) is 83.0 Å². The predicted molar refractivity (Wildman–Crippen MR) is 225 cm³/mol. The van der Waals surface area contributed by atoms with Gasteiger partial charge in [-0.2, -0.15) is 20.2 Å². The zero-order valence-corrected chi connectivity index (χ0v) is 32.6. The van der Waals surface area contributed by atoms with E-state index in [0.717, 1.165) is 57.6 Å². The lowest BCUT2D eigenvalue weighted by Crippen LogP contribution is -2.36. The van der Waals surface area contributed by atoms with Crippen LogP contribution in [0.5, 0.6) is 0 Å². The molecule has 286 valence electrons. The average Bonchev–Trinajstić information content (AvgIpc) is 3.22. The van der Waals surface area contributed by atoms with Crippen LogP contribution in [0.2, 0.25) is 0 Å². The quantitative estimate of drug-likeness (QED) is 0.0506. The number of hydrogen-bond donors (Lipinski definition) is 0. The molecule has 0 saturated heterocycles. The predicted octanol–water partition coefficient (Wildman–Crippen LogP) is 11.1. The minimum absolute atomic E-state index is 0.452. The molecule has 7 rings (SSSR count). The average molecular weight is 747 g/mol. The van der Waals surface area contributed by atoms with Gasteiger partial charge in [-0.15, -0.1) is 0 Å². The van der Waals surface area contributed by atoms with Crippen LogP contribution >= 0.6 is 0 Å². The first kappa shape index (κ1) is 38.5. The Morgan fingerprint density at radius 2 is 0.786 bits per heavy atom. The summed E-state index contributed by atoms with van der Waals surface area (Å²) in [6.45, 7) is 4.44. The van der Waals surface area contributed by atoms with Crippen LogP contribution in [0.25, 0.3) is 21.5 Å². The largest absolute Gasteiger partial charge is 0.282 e. The van der Waals surface area contributed by atoms with E-state index in [1.165, 1.54) is 76.6 Å². The standard InChI is InChI=1S/C48H50N4O4/c1-3-5-7-9-11-13-17-35-27-29-41-43-37(35)19-15-21-39(43)45(53)51(47(41)55)49-31-33-23-25-34(26-24-33)32-50-52-46(54)40-22-16-20-38-36(18-14-12-10-8-6-4-2)28-30-42(44(38)40)48(52)56/h15-16,19-32H,3-14,17-18H2,1-2H3/b49-31+,50-32+. The molecule has 8 nitrogen and oxygen atoms in total. The summed E-state index contributed by atoms with van der Waals surface area (Å²) in [4.78, 5) is 54.4. The molecule has 0 spiro atoms. The van der Waals surface area contributed by atoms with Crippen LogP contribution < -0.4 is 0 Å². The SMILES string of the molecule is CCCCCCCCc1ccc2c3c(cccc13)C(=O)N(/N=C/c1ccc(/C=N/N3C(=O)c4cccc5c(CCCCCCCC)ccc(c45)C3=O)cc1)C2=O. The van der Waals surface area contributed by atoms with Gasteiger partial charge in [-0.1, -0.05) is 139 Å². The van der Waals surface area contributed by atoms with Crippen molar-refractivity contribution in [3.8, 4) is 0 Å². The first-order valence-corrected chi connectivity index (χ1v) is 20.5. The molecule has 2 aliphatic rings. The van der Waals surface area contributed by atoms with Crippen molar-refractivity contribution in [1.29, 1.82) is 0 Å². The van der Waals surface area contributed by atoms with E-state index in [4.69, 9.17) is 0 Å². The third-order valence-electron chi connectivity index (χ3n) is 11.1. The topological polar surface area (TPSA) is 99.5 Å². The number of carbonyl (C=O) groups excluding carboxylic acids is 4. The molecule has 2 aliphatic heterocycles. The summed E-state index contributed by atoms with van der Waals surface area (Å²) in [5.41, 5.74) is 5.52. The van der Waals surface area contributed by atoms with Crippen molar-refractivity contribution in [3.63, 3.8) is 0 Å². The Morgan fingerprint density at radius 1 is 0.429 bits per heavy atom. The van der Waals surface area contributed by atoms with Gasteiger partial charge in [0.2, 0.25) is 0 Å². The lowest BCUT2D eigenvalue weighted by molar-refractivity contribution is 0.0601. The second-order valence-electron chi connectivity index (χ2n) is 15.0. The summed E-state index contributed by atoms with van der Waals surface area (Å²) in [5, 5.41) is 13.9. The summed E-state index contributed by atoms with van der Waals surface area (Å²) in [7, 11) is 0. The highest BCUT2D eigenvalue weighted by atomic mass is 16.2. The number of hydrogen-bond acceptors (Lipinski definition) is 6. The molecule has 56 heavy (non-hydrogen) atoms. The second kappa shape index (κ2) is 17.8. The molecule has 8 heteroatoms. The smallest absolute Gasteiger partial charge is 0.267 e. The minimum atomic E-state index is -0.452. The van der Waals surface area contributed by atoms with E-state index in [2.05, 4.69) is 24.1 Å². The van der Waals surface area contributed by atoms with Gasteiger partial charge in [0, 0.05) is 10.8 Å². The molecular weight excluding hydrogens is 697 g/mol. The maximum Gasteiger partial charge on any atom is 0.282 e. The lowest BCUT2D eigenvalue weighted by atomic mass is 9.90. The molecule has 5 aromatic rings. The van der Waals surface area contributed by atoms with E-state index in [1.54, 1.807) is 36.4 Å². The van der Waals surface area contributed by atoms with E-state index in [9.17, 15) is 19.2 Å². The van der Waals surface area contributed by atoms with Gasteiger partial charge in [0.1, 0.15) is 0 Å². The minimum Gasteiger partial charge on any atom is -0.267 e. The molecule has 2 heterocycles. The van der Waals surface area contributed by atoms with Crippen molar-refractivity contribution < 1.29 is 19.2 Å². The first-order valence-electron chi connectivity index (χ1n) is 20.5. The maximum absolute atomic E-state index is 13.6. The molecule has 0 aliphatic carbocycles. The molecule has 4 amide bonds. The number of unbranched alkanes of at least 4 members (excludes halogenated alkanes) is 10. The molecule has 0 atom stereocenters. The van der Waals surface area contributed by atoms with E-state index in [0.29, 0.717) is 44.2 Å². The molecular formula is C48H50N4O4. The summed E-state index contributed by atoms with van der Waals surface area (Å²) in [5.74, 6) is -1.81. The maximum atomic E-state index is 13.6. The Morgan fingerprint density at radius 3 is 1.18 bits per heavy atom. The van der Waals surface area contributed by atoms with Crippen LogP contribution in [-0.2, 0) is 12.8 Å². The molecule has 0 fully saturated rings. The van der Waals surface area contributed by atoms with Crippen LogP contribution in [0.4, 0.5) is 0 Å². The Balaban J connectivity index is 1.01. The fourth-order valence-electron chi connectivity index (χ4n) is 8.04. The highest BCUT2D eigenvalue weighted by molar-refractivity contribution is 6.27. The van der Waals surface area contributed by atoms with Crippen molar-refractivity contribution in [1.82, 2.24) is 10.0 Å². The Hall–Kier alpha value is -5.76. The molecule has 0 bridgehead atoms. The van der Waals surface area contributed by atoms with Crippen LogP contribution in [-0.4, -0.2) is 46.1 Å². The van der Waals surface area contributed by atoms with Gasteiger partial charge in [0.25, 0.3) is 23.6 Å². The Labute approximate surface area is 329 Å². The summed E-state index contributed by atoms with van der Waals surface area (Å²) in [6.07, 6.45) is 19.2. The third kappa shape index (κ3) is 7.97. The zero-order valence-electron chi connectivity index (χ0n) is 32.6. The number of imide groups is 2. The number of amides is 4. The molecule has 0 aromatic heterocycles. The highest BCUT2D eigenvalue weighted by Crippen LogP contribution is 2.35. The van der Waals surface area contributed by atoms with Gasteiger partial charge in [0.15, 0.2) is 0 Å². The van der Waals surface area contributed by atoms with Crippen LogP contribution in [0.3, 0.4) is 0 Å². The van der Waals surface area contributed by atoms with Gasteiger partial charge in [-0.3, -0.25) is 19.2 Å². The van der Waals surface area contributed by atoms with E-state index in [1.807, 2.05) is 48.5 Å². The molecule has 5 aromatic carbocycles. The summed E-state index contributed by atoms with van der Waals surface area (Å²) >= 11 is 0. The number of carbonyl (C=O) groups is 4. The van der Waals surface area contributed by atoms with Gasteiger partial charge >= 0.3 is 0 Å². The van der Waals surface area contributed by atoms with Gasteiger partial charge in [0.05, 0.1) is 34.7 Å². The van der Waals surface area contributed by atoms with Crippen molar-refractivity contribution in [2.75, 3.05) is 0 Å². The monoisotopic (exact) mass is 746 g/mol.